The average Bonchev–Trinajstić information content (AvgIpc) is 3.31. The van der Waals surface area contributed by atoms with Crippen LogP contribution in [-0.4, -0.2) is 38.8 Å². The molecule has 0 spiro atoms. The number of thiazole rings is 1. The Balaban J connectivity index is 1.47. The van der Waals surface area contributed by atoms with Crippen LogP contribution in [0.15, 0.2) is 12.4 Å². The fourth-order valence-electron chi connectivity index (χ4n) is 3.46. The van der Waals surface area contributed by atoms with Crippen LogP contribution >= 0.6 is 11.3 Å². The third-order valence-electron chi connectivity index (χ3n) is 4.84. The Bertz CT molecular complexity index is 745. The van der Waals surface area contributed by atoms with Gasteiger partial charge in [0.15, 0.2) is 0 Å². The van der Waals surface area contributed by atoms with Gasteiger partial charge >= 0.3 is 0 Å². The quantitative estimate of drug-likeness (QED) is 0.910. The van der Waals surface area contributed by atoms with E-state index in [4.69, 9.17) is 4.98 Å². The maximum absolute atomic E-state index is 12.5. The molecular weight excluding hydrogens is 334 g/mol. The highest BCUT2D eigenvalue weighted by Crippen LogP contribution is 2.30. The SMILES string of the molecule is CC(Nc1cncc(C(=O)N2CCCC2)n1)c1nc2c(s1)CCCC2. The largest absolute Gasteiger partial charge is 0.360 e. The number of hydrogen-bond donors (Lipinski definition) is 1. The van der Waals surface area contributed by atoms with Gasteiger partial charge in [-0.3, -0.25) is 9.78 Å². The van der Waals surface area contributed by atoms with Crippen molar-refractivity contribution < 1.29 is 4.79 Å². The molecule has 25 heavy (non-hydrogen) atoms. The molecule has 2 aromatic heterocycles. The molecule has 2 aromatic rings. The number of hydrogen-bond acceptors (Lipinski definition) is 6. The van der Waals surface area contributed by atoms with Gasteiger partial charge in [-0.15, -0.1) is 11.3 Å². The lowest BCUT2D eigenvalue weighted by Crippen LogP contribution is -2.28. The molecule has 7 heteroatoms. The van der Waals surface area contributed by atoms with Gasteiger partial charge in [-0.05, 0) is 45.4 Å². The van der Waals surface area contributed by atoms with Crippen molar-refractivity contribution in [3.8, 4) is 0 Å². The van der Waals surface area contributed by atoms with Crippen molar-refractivity contribution in [3.05, 3.63) is 33.7 Å². The van der Waals surface area contributed by atoms with Gasteiger partial charge < -0.3 is 10.2 Å². The molecule has 132 valence electrons. The first-order valence-corrected chi connectivity index (χ1v) is 9.88. The number of anilines is 1. The highest BCUT2D eigenvalue weighted by Gasteiger charge is 2.22. The number of nitrogens with zero attached hydrogens (tertiary/aromatic N) is 4. The topological polar surface area (TPSA) is 71.0 Å². The van der Waals surface area contributed by atoms with Crippen molar-refractivity contribution in [3.63, 3.8) is 0 Å². The lowest BCUT2D eigenvalue weighted by molar-refractivity contribution is 0.0786. The number of aromatic nitrogens is 3. The summed E-state index contributed by atoms with van der Waals surface area (Å²) in [5.41, 5.74) is 1.68. The molecule has 0 radical (unpaired) electrons. The molecule has 0 saturated carbocycles. The van der Waals surface area contributed by atoms with Gasteiger partial charge in [-0.1, -0.05) is 0 Å². The van der Waals surface area contributed by atoms with Crippen LogP contribution in [0.25, 0.3) is 0 Å². The Hall–Kier alpha value is -2.02. The van der Waals surface area contributed by atoms with E-state index in [1.807, 2.05) is 4.90 Å². The summed E-state index contributed by atoms with van der Waals surface area (Å²) < 4.78 is 0. The lowest BCUT2D eigenvalue weighted by atomic mass is 10.0. The second kappa shape index (κ2) is 7.07. The molecule has 2 aliphatic rings. The van der Waals surface area contributed by atoms with Crippen LogP contribution in [0, 0.1) is 0 Å². The molecule has 1 amide bonds. The zero-order valence-corrected chi connectivity index (χ0v) is 15.3. The van der Waals surface area contributed by atoms with Gasteiger partial charge in [-0.25, -0.2) is 9.97 Å². The second-order valence-electron chi connectivity index (χ2n) is 6.78. The van der Waals surface area contributed by atoms with Crippen LogP contribution in [0.2, 0.25) is 0 Å². The van der Waals surface area contributed by atoms with Gasteiger partial charge in [0.1, 0.15) is 16.5 Å². The van der Waals surface area contributed by atoms with Crippen molar-refractivity contribution in [2.24, 2.45) is 0 Å². The number of likely N-dealkylation sites (tertiary alicyclic amines) is 1. The van der Waals surface area contributed by atoms with Gasteiger partial charge in [0, 0.05) is 18.0 Å². The lowest BCUT2D eigenvalue weighted by Gasteiger charge is -2.16. The van der Waals surface area contributed by atoms with Crippen molar-refractivity contribution in [2.45, 2.75) is 51.5 Å². The maximum atomic E-state index is 12.5. The molecule has 1 saturated heterocycles. The van der Waals surface area contributed by atoms with E-state index in [-0.39, 0.29) is 11.9 Å². The van der Waals surface area contributed by atoms with Crippen LogP contribution < -0.4 is 5.32 Å². The van der Waals surface area contributed by atoms with Crippen LogP contribution in [0.1, 0.15) is 64.7 Å². The summed E-state index contributed by atoms with van der Waals surface area (Å²) >= 11 is 1.80. The number of nitrogens with one attached hydrogen (secondary N) is 1. The van der Waals surface area contributed by atoms with Gasteiger partial charge in [0.25, 0.3) is 5.91 Å². The Kier molecular flexibility index (Phi) is 4.65. The van der Waals surface area contributed by atoms with E-state index in [0.29, 0.717) is 11.5 Å². The second-order valence-corrected chi connectivity index (χ2v) is 7.90. The smallest absolute Gasteiger partial charge is 0.274 e. The summed E-state index contributed by atoms with van der Waals surface area (Å²) in [6, 6.07) is 0.0574. The minimum absolute atomic E-state index is 0.0222. The summed E-state index contributed by atoms with van der Waals surface area (Å²) in [5.74, 6) is 0.608. The molecule has 3 heterocycles. The molecule has 1 aliphatic carbocycles. The minimum Gasteiger partial charge on any atom is -0.360 e. The van der Waals surface area contributed by atoms with Gasteiger partial charge in [0.05, 0.1) is 24.1 Å². The first-order valence-electron chi connectivity index (χ1n) is 9.07. The number of amides is 1. The Morgan fingerprint density at radius 1 is 1.16 bits per heavy atom. The summed E-state index contributed by atoms with van der Waals surface area (Å²) in [6.07, 6.45) is 10.1. The van der Waals surface area contributed by atoms with E-state index in [1.165, 1.54) is 23.4 Å². The van der Waals surface area contributed by atoms with Crippen LogP contribution in [0.5, 0.6) is 0 Å². The first-order chi connectivity index (χ1) is 12.2. The van der Waals surface area contributed by atoms with E-state index < -0.39 is 0 Å². The maximum Gasteiger partial charge on any atom is 0.274 e. The van der Waals surface area contributed by atoms with Crippen LogP contribution in [0.4, 0.5) is 5.82 Å². The van der Waals surface area contributed by atoms with Crippen molar-refractivity contribution in [1.82, 2.24) is 19.9 Å². The van der Waals surface area contributed by atoms with Gasteiger partial charge in [-0.2, -0.15) is 0 Å². The minimum atomic E-state index is -0.0222. The predicted octanol–water partition coefficient (Wildman–Crippen LogP) is 3.22. The summed E-state index contributed by atoms with van der Waals surface area (Å²) in [5, 5.41) is 4.44. The Morgan fingerprint density at radius 2 is 1.96 bits per heavy atom. The number of carbonyl (C=O) groups is 1. The number of rotatable bonds is 4. The van der Waals surface area contributed by atoms with Crippen LogP contribution in [-0.2, 0) is 12.8 Å². The van der Waals surface area contributed by atoms with Crippen molar-refractivity contribution >= 4 is 23.1 Å². The van der Waals surface area contributed by atoms with E-state index in [0.717, 1.165) is 43.8 Å². The van der Waals surface area contributed by atoms with E-state index in [1.54, 1.807) is 23.7 Å². The average molecular weight is 357 g/mol. The zero-order chi connectivity index (χ0) is 17.2. The predicted molar refractivity (Wildman–Crippen MR) is 98.0 cm³/mol. The molecule has 1 N–H and O–H groups in total. The molecule has 1 fully saturated rings. The molecule has 1 unspecified atom stereocenters. The summed E-state index contributed by atoms with van der Waals surface area (Å²) in [6.45, 7) is 3.72. The molecule has 0 aromatic carbocycles. The highest BCUT2D eigenvalue weighted by atomic mass is 32.1. The van der Waals surface area contributed by atoms with Crippen LogP contribution in [0.3, 0.4) is 0 Å². The molecule has 1 atom stereocenters. The van der Waals surface area contributed by atoms with Gasteiger partial charge in [0.2, 0.25) is 0 Å². The normalized spacial score (nSPS) is 18.0. The zero-order valence-electron chi connectivity index (χ0n) is 14.5. The van der Waals surface area contributed by atoms with E-state index in [9.17, 15) is 4.79 Å². The fraction of sp³-hybridized carbons (Fsp3) is 0.556. The highest BCUT2D eigenvalue weighted by molar-refractivity contribution is 7.11. The third-order valence-corrected chi connectivity index (χ3v) is 6.18. The summed E-state index contributed by atoms with van der Waals surface area (Å²) in [4.78, 5) is 29.2. The number of aryl methyl sites for hydroxylation is 2. The van der Waals surface area contributed by atoms with Crippen molar-refractivity contribution in [1.29, 1.82) is 0 Å². The monoisotopic (exact) mass is 357 g/mol. The number of fused-ring (bicyclic) bond motifs is 1. The molecule has 6 nitrogen and oxygen atoms in total. The Labute approximate surface area is 151 Å². The molecule has 4 rings (SSSR count). The standard InChI is InChI=1S/C18H23N5OS/c1-12(17-22-13-6-2-3-7-15(13)25-17)20-16-11-19-10-14(21-16)18(24)23-8-4-5-9-23/h10-12H,2-9H2,1H3,(H,20,21). The molecule has 1 aliphatic heterocycles. The summed E-state index contributed by atoms with van der Waals surface area (Å²) in [7, 11) is 0. The third kappa shape index (κ3) is 3.51. The van der Waals surface area contributed by atoms with E-state index >= 15 is 0 Å². The fourth-order valence-corrected chi connectivity index (χ4v) is 4.62. The Morgan fingerprint density at radius 3 is 2.76 bits per heavy atom. The molecular formula is C18H23N5OS. The van der Waals surface area contributed by atoms with E-state index in [2.05, 4.69) is 22.2 Å². The molecule has 0 bridgehead atoms. The first kappa shape index (κ1) is 16.4. The van der Waals surface area contributed by atoms with Crippen molar-refractivity contribution in [2.75, 3.05) is 18.4 Å². The number of carbonyl (C=O) groups excluding carboxylic acids is 1.